The van der Waals surface area contributed by atoms with Gasteiger partial charge >= 0.3 is 0 Å². The third-order valence-electron chi connectivity index (χ3n) is 13.8. The Labute approximate surface area is 357 Å². The minimum Gasteiger partial charge on any atom is -0.454 e. The van der Waals surface area contributed by atoms with Crippen LogP contribution in [-0.2, 0) is 16.2 Å². The van der Waals surface area contributed by atoms with Gasteiger partial charge in [-0.1, -0.05) is 140 Å². The Morgan fingerprint density at radius 2 is 1.22 bits per heavy atom. The van der Waals surface area contributed by atoms with Crippen molar-refractivity contribution in [1.82, 2.24) is 0 Å². The summed E-state index contributed by atoms with van der Waals surface area (Å²) in [4.78, 5) is 5.09. The minimum absolute atomic E-state index is 0.0194. The van der Waals surface area contributed by atoms with Gasteiger partial charge < -0.3 is 14.2 Å². The van der Waals surface area contributed by atoms with Gasteiger partial charge in [0.1, 0.15) is 5.58 Å². The minimum atomic E-state index is -0.0949. The van der Waals surface area contributed by atoms with Crippen molar-refractivity contribution in [2.45, 2.75) is 71.6 Å². The van der Waals surface area contributed by atoms with Crippen LogP contribution in [0.25, 0.3) is 43.2 Å². The molecule has 4 heterocycles. The number of anilines is 6. The normalized spacial score (nSPS) is 15.0. The second-order valence-corrected chi connectivity index (χ2v) is 20.8. The van der Waals surface area contributed by atoms with E-state index in [0.717, 1.165) is 27.6 Å². The van der Waals surface area contributed by atoms with Gasteiger partial charge in [-0.2, -0.15) is 0 Å². The average molecular weight is 795 g/mol. The number of hydrogen-bond donors (Lipinski definition) is 0. The van der Waals surface area contributed by atoms with E-state index in [4.69, 9.17) is 4.42 Å². The van der Waals surface area contributed by atoms with Gasteiger partial charge in [0.2, 0.25) is 0 Å². The maximum Gasteiger partial charge on any atom is 0.264 e. The highest BCUT2D eigenvalue weighted by Gasteiger charge is 2.46. The van der Waals surface area contributed by atoms with Crippen molar-refractivity contribution in [2.75, 3.05) is 9.80 Å². The van der Waals surface area contributed by atoms with E-state index in [0.29, 0.717) is 0 Å². The van der Waals surface area contributed by atoms with E-state index in [9.17, 15) is 0 Å². The fourth-order valence-electron chi connectivity index (χ4n) is 10.6. The second-order valence-electron chi connectivity index (χ2n) is 19.8. The summed E-state index contributed by atoms with van der Waals surface area (Å²) < 4.78 is 9.59. The van der Waals surface area contributed by atoms with Crippen LogP contribution < -0.4 is 25.5 Å². The molecular formula is C55H47BN2OS. The Hall–Kier alpha value is -6.04. The van der Waals surface area contributed by atoms with Crippen LogP contribution in [0.15, 0.2) is 144 Å². The van der Waals surface area contributed by atoms with E-state index in [1.165, 1.54) is 87.6 Å². The Morgan fingerprint density at radius 3 is 2.00 bits per heavy atom. The molecule has 5 heteroatoms. The summed E-state index contributed by atoms with van der Waals surface area (Å²) >= 11 is 1.98. The fraction of sp³-hybridized carbons (Fsp3) is 0.200. The van der Waals surface area contributed by atoms with Gasteiger partial charge in [-0.3, -0.25) is 0 Å². The SMILES string of the molecule is CC(C)(C)c1ccc(N2c3ccc(C(C)(C)C)cc3B3c4sc5cc6c(cc5c4N(c4cccc5c4oc4ccccc45)c4cccc2c43)-c2ccccc2C6(C)C)cc1. The van der Waals surface area contributed by atoms with Crippen molar-refractivity contribution >= 4 is 99.9 Å². The first kappa shape index (κ1) is 35.9. The van der Waals surface area contributed by atoms with E-state index in [2.05, 4.69) is 205 Å². The van der Waals surface area contributed by atoms with E-state index in [1.54, 1.807) is 0 Å². The molecule has 0 amide bonds. The van der Waals surface area contributed by atoms with Gasteiger partial charge in [0.05, 0.1) is 11.4 Å². The standard InChI is InChI=1S/C55H47BN2OS/c1-53(2,3)32-23-26-34(27-24-32)57-43-28-25-33(54(4,5)6)29-42(43)56-49-44(57)19-14-20-45(49)58(46-21-13-17-37-36-16-10-12-22-47(36)59-51(37)46)50-39-30-38-35-15-9-11-18-40(35)55(7,8)41(38)31-48(39)60-52(50)56/h9-31H,1-8H3. The Bertz CT molecular complexity index is 3280. The smallest absolute Gasteiger partial charge is 0.264 e. The van der Waals surface area contributed by atoms with Crippen LogP contribution in [0.3, 0.4) is 0 Å². The number of para-hydroxylation sites is 2. The lowest BCUT2D eigenvalue weighted by molar-refractivity contribution is 0.590. The first-order valence-electron chi connectivity index (χ1n) is 21.4. The molecule has 0 spiro atoms. The molecule has 3 nitrogen and oxygen atoms in total. The Balaban J connectivity index is 1.20. The maximum atomic E-state index is 6.89. The Morgan fingerprint density at radius 1 is 0.550 bits per heavy atom. The molecule has 292 valence electrons. The van der Waals surface area contributed by atoms with Gasteiger partial charge in [0, 0.05) is 53.8 Å². The van der Waals surface area contributed by atoms with Gasteiger partial charge in [-0.05, 0) is 110 Å². The van der Waals surface area contributed by atoms with E-state index < -0.39 is 0 Å². The molecule has 2 aromatic heterocycles. The molecule has 0 bridgehead atoms. The monoisotopic (exact) mass is 794 g/mol. The number of hydrogen-bond acceptors (Lipinski definition) is 4. The fourth-order valence-corrected chi connectivity index (χ4v) is 12.0. The van der Waals surface area contributed by atoms with E-state index >= 15 is 0 Å². The lowest BCUT2D eigenvalue weighted by atomic mass is 9.36. The summed E-state index contributed by atoms with van der Waals surface area (Å²) in [7, 11) is 0. The molecular weight excluding hydrogens is 747 g/mol. The van der Waals surface area contributed by atoms with Crippen molar-refractivity contribution < 1.29 is 4.42 Å². The van der Waals surface area contributed by atoms with Gasteiger partial charge in [0.25, 0.3) is 6.71 Å². The van der Waals surface area contributed by atoms with Crippen LogP contribution in [0.2, 0.25) is 0 Å². The molecule has 3 aliphatic rings. The molecule has 60 heavy (non-hydrogen) atoms. The van der Waals surface area contributed by atoms with E-state index in [-0.39, 0.29) is 23.0 Å². The van der Waals surface area contributed by atoms with Crippen LogP contribution in [0.1, 0.15) is 77.6 Å². The zero-order valence-electron chi connectivity index (χ0n) is 35.6. The summed E-state index contributed by atoms with van der Waals surface area (Å²) in [6, 6.07) is 52.7. The molecule has 0 saturated carbocycles. The van der Waals surface area contributed by atoms with Gasteiger partial charge in [-0.15, -0.1) is 11.3 Å². The molecule has 12 rings (SSSR count). The third-order valence-corrected chi connectivity index (χ3v) is 15.0. The van der Waals surface area contributed by atoms with Gasteiger partial charge in [-0.25, -0.2) is 0 Å². The van der Waals surface area contributed by atoms with Crippen LogP contribution in [-0.4, -0.2) is 6.71 Å². The van der Waals surface area contributed by atoms with E-state index in [1.807, 2.05) is 11.3 Å². The quantitative estimate of drug-likeness (QED) is 0.163. The predicted molar refractivity (Wildman–Crippen MR) is 258 cm³/mol. The predicted octanol–water partition coefficient (Wildman–Crippen LogP) is 13.8. The van der Waals surface area contributed by atoms with Crippen molar-refractivity contribution in [2.24, 2.45) is 0 Å². The number of nitrogens with zero attached hydrogens (tertiary/aromatic N) is 2. The lowest BCUT2D eigenvalue weighted by Crippen LogP contribution is -2.60. The lowest BCUT2D eigenvalue weighted by Gasteiger charge is -2.43. The maximum absolute atomic E-state index is 6.89. The summed E-state index contributed by atoms with van der Waals surface area (Å²) in [5, 5.41) is 3.56. The molecule has 0 atom stereocenters. The first-order chi connectivity index (χ1) is 28.8. The largest absolute Gasteiger partial charge is 0.454 e. The van der Waals surface area contributed by atoms with Crippen LogP contribution in [0.4, 0.5) is 34.1 Å². The number of fused-ring (bicyclic) bond motifs is 12. The molecule has 7 aromatic carbocycles. The van der Waals surface area contributed by atoms with Crippen LogP contribution in [0.5, 0.6) is 0 Å². The zero-order valence-corrected chi connectivity index (χ0v) is 36.4. The average Bonchev–Trinajstić information content (AvgIpc) is 3.87. The van der Waals surface area contributed by atoms with Crippen molar-refractivity contribution in [3.8, 4) is 11.1 Å². The summed E-state index contributed by atoms with van der Waals surface area (Å²) in [5.41, 5.74) is 19.8. The second kappa shape index (κ2) is 12.0. The first-order valence-corrected chi connectivity index (χ1v) is 22.2. The highest BCUT2D eigenvalue weighted by Crippen LogP contribution is 2.54. The number of rotatable bonds is 2. The molecule has 0 fully saturated rings. The summed E-state index contributed by atoms with van der Waals surface area (Å²) in [6.45, 7) is 18.7. The highest BCUT2D eigenvalue weighted by atomic mass is 32.1. The summed E-state index contributed by atoms with van der Waals surface area (Å²) in [5.74, 6) is 0. The topological polar surface area (TPSA) is 19.6 Å². The third kappa shape index (κ3) is 4.84. The van der Waals surface area contributed by atoms with Crippen LogP contribution >= 0.6 is 11.3 Å². The van der Waals surface area contributed by atoms with Gasteiger partial charge in [0.15, 0.2) is 5.58 Å². The highest BCUT2D eigenvalue weighted by molar-refractivity contribution is 7.33. The number of thiophene rings is 1. The van der Waals surface area contributed by atoms with Crippen LogP contribution in [0, 0.1) is 0 Å². The molecule has 0 saturated heterocycles. The number of furan rings is 1. The molecule has 2 aliphatic heterocycles. The van der Waals surface area contributed by atoms with Crippen molar-refractivity contribution in [1.29, 1.82) is 0 Å². The van der Waals surface area contributed by atoms with Crippen molar-refractivity contribution in [3.05, 3.63) is 162 Å². The summed E-state index contributed by atoms with van der Waals surface area (Å²) in [6.07, 6.45) is 0. The van der Waals surface area contributed by atoms with Crippen molar-refractivity contribution in [3.63, 3.8) is 0 Å². The molecule has 0 unspecified atom stereocenters. The molecule has 1 aliphatic carbocycles. The number of benzene rings is 7. The Kier molecular flexibility index (Phi) is 7.20. The molecule has 0 radical (unpaired) electrons. The molecule has 0 N–H and O–H groups in total. The molecule has 9 aromatic rings. The zero-order chi connectivity index (χ0) is 41.0.